The van der Waals surface area contributed by atoms with Crippen molar-refractivity contribution in [1.29, 1.82) is 0 Å². The van der Waals surface area contributed by atoms with Gasteiger partial charge in [0.15, 0.2) is 6.10 Å². The molecule has 0 fully saturated rings. The predicted octanol–water partition coefficient (Wildman–Crippen LogP) is 16.4. The van der Waals surface area contributed by atoms with Gasteiger partial charge < -0.3 is 28.5 Å². The van der Waals surface area contributed by atoms with Crippen LogP contribution in [0.5, 0.6) is 0 Å². The summed E-state index contributed by atoms with van der Waals surface area (Å²) in [6.45, 7) is 4.74. The number of esters is 2. The molecule has 0 aliphatic rings. The summed E-state index contributed by atoms with van der Waals surface area (Å²) in [5.41, 5.74) is 0. The lowest BCUT2D eigenvalue weighted by molar-refractivity contribution is -0.870. The van der Waals surface area contributed by atoms with Crippen LogP contribution >= 0.6 is 0 Å². The number of quaternary nitrogens is 1. The van der Waals surface area contributed by atoms with Crippen molar-refractivity contribution in [1.82, 2.24) is 0 Å². The number of carbonyl (C=O) groups excluding carboxylic acids is 2. The summed E-state index contributed by atoms with van der Waals surface area (Å²) >= 11 is 0. The number of allylic oxidation sites excluding steroid dienone is 14. The van der Waals surface area contributed by atoms with Crippen molar-refractivity contribution in [2.75, 3.05) is 47.5 Å². The van der Waals surface area contributed by atoms with Crippen molar-refractivity contribution in [3.05, 3.63) is 85.1 Å². The first-order chi connectivity index (χ1) is 34.1. The minimum Gasteiger partial charge on any atom is -0.477 e. The molecular formula is C61H106NO8+. The average molecular weight is 982 g/mol. The zero-order valence-corrected chi connectivity index (χ0v) is 45.7. The van der Waals surface area contributed by atoms with Gasteiger partial charge in [-0.05, 0) is 70.6 Å². The molecule has 0 bridgehead atoms. The summed E-state index contributed by atoms with van der Waals surface area (Å²) in [6.07, 6.45) is 65.3. The summed E-state index contributed by atoms with van der Waals surface area (Å²) in [7, 11) is 5.96. The Morgan fingerprint density at radius 2 is 0.814 bits per heavy atom. The second kappa shape index (κ2) is 51.8. The maximum absolute atomic E-state index is 12.8. The molecule has 0 rings (SSSR count). The number of unbranched alkanes of at least 4 members (excludes halogenated alkanes) is 22. The Morgan fingerprint density at radius 3 is 1.21 bits per heavy atom. The van der Waals surface area contributed by atoms with Gasteiger partial charge in [0, 0.05) is 12.8 Å². The topological polar surface area (TPSA) is 108 Å². The van der Waals surface area contributed by atoms with Crippen LogP contribution in [0, 0.1) is 0 Å². The van der Waals surface area contributed by atoms with E-state index in [-0.39, 0.29) is 32.2 Å². The second-order valence-electron chi connectivity index (χ2n) is 19.9. The summed E-state index contributed by atoms with van der Waals surface area (Å²) < 4.78 is 22.8. The Bertz CT molecular complexity index is 1420. The minimum atomic E-state index is -1.51. The molecule has 1 N–H and O–H groups in total. The Kier molecular flexibility index (Phi) is 49.2. The molecule has 0 aromatic heterocycles. The van der Waals surface area contributed by atoms with Crippen LogP contribution in [-0.4, -0.2) is 87.4 Å². The van der Waals surface area contributed by atoms with E-state index in [4.69, 9.17) is 18.9 Å². The molecule has 0 heterocycles. The van der Waals surface area contributed by atoms with Crippen LogP contribution in [0.2, 0.25) is 0 Å². The monoisotopic (exact) mass is 981 g/mol. The van der Waals surface area contributed by atoms with Crippen LogP contribution in [-0.2, 0) is 33.3 Å². The average Bonchev–Trinajstić information content (AvgIpc) is 3.33. The van der Waals surface area contributed by atoms with E-state index in [0.717, 1.165) is 83.5 Å². The van der Waals surface area contributed by atoms with Gasteiger partial charge in [0.2, 0.25) is 0 Å². The van der Waals surface area contributed by atoms with Gasteiger partial charge in [-0.15, -0.1) is 0 Å². The molecule has 9 nitrogen and oxygen atoms in total. The van der Waals surface area contributed by atoms with Gasteiger partial charge in [-0.2, -0.15) is 0 Å². The van der Waals surface area contributed by atoms with E-state index >= 15 is 0 Å². The van der Waals surface area contributed by atoms with Gasteiger partial charge in [0.05, 0.1) is 34.4 Å². The summed E-state index contributed by atoms with van der Waals surface area (Å²) in [4.78, 5) is 37.2. The molecule has 0 spiro atoms. The zero-order chi connectivity index (χ0) is 51.3. The molecule has 9 heteroatoms. The molecule has 2 unspecified atom stereocenters. The maximum Gasteiger partial charge on any atom is 0.361 e. The highest BCUT2D eigenvalue weighted by molar-refractivity contribution is 5.71. The quantitative estimate of drug-likeness (QED) is 0.0211. The number of hydrogen-bond acceptors (Lipinski definition) is 7. The highest BCUT2D eigenvalue weighted by atomic mass is 16.7. The van der Waals surface area contributed by atoms with Crippen LogP contribution in [0.3, 0.4) is 0 Å². The zero-order valence-electron chi connectivity index (χ0n) is 45.7. The fourth-order valence-corrected chi connectivity index (χ4v) is 7.58. The van der Waals surface area contributed by atoms with E-state index in [2.05, 4.69) is 98.9 Å². The molecule has 0 aromatic carbocycles. The normalized spacial score (nSPS) is 13.4. The van der Waals surface area contributed by atoms with E-state index < -0.39 is 24.3 Å². The third kappa shape index (κ3) is 52.3. The molecule has 0 aromatic rings. The number of hydrogen-bond donors (Lipinski definition) is 1. The Balaban J connectivity index is 4.09. The number of ether oxygens (including phenoxy) is 4. The number of carbonyl (C=O) groups is 3. The first kappa shape index (κ1) is 66.5. The van der Waals surface area contributed by atoms with Crippen molar-refractivity contribution >= 4 is 17.9 Å². The van der Waals surface area contributed by atoms with Gasteiger partial charge in [-0.3, -0.25) is 9.59 Å². The smallest absolute Gasteiger partial charge is 0.361 e. The van der Waals surface area contributed by atoms with Gasteiger partial charge in [0.25, 0.3) is 6.29 Å². The van der Waals surface area contributed by atoms with E-state index in [0.29, 0.717) is 17.4 Å². The lowest BCUT2D eigenvalue weighted by Gasteiger charge is -2.25. The Labute approximate surface area is 430 Å². The third-order valence-electron chi connectivity index (χ3n) is 11.9. The van der Waals surface area contributed by atoms with Gasteiger partial charge in [-0.25, -0.2) is 4.79 Å². The molecular weight excluding hydrogens is 875 g/mol. The Morgan fingerprint density at radius 1 is 0.443 bits per heavy atom. The minimum absolute atomic E-state index is 0.183. The van der Waals surface area contributed by atoms with E-state index in [1.807, 2.05) is 21.1 Å². The van der Waals surface area contributed by atoms with Gasteiger partial charge >= 0.3 is 17.9 Å². The second-order valence-corrected chi connectivity index (χ2v) is 19.9. The molecule has 0 saturated carbocycles. The number of carboxylic acids is 1. The number of carboxylic acid groups (broad SMARTS) is 1. The molecule has 0 saturated heterocycles. The van der Waals surface area contributed by atoms with Crippen molar-refractivity contribution < 1.29 is 42.9 Å². The summed E-state index contributed by atoms with van der Waals surface area (Å²) in [5, 5.41) is 9.66. The van der Waals surface area contributed by atoms with Crippen molar-refractivity contribution in [3.63, 3.8) is 0 Å². The van der Waals surface area contributed by atoms with Crippen LogP contribution in [0.1, 0.15) is 226 Å². The van der Waals surface area contributed by atoms with Crippen LogP contribution in [0.15, 0.2) is 85.1 Å². The van der Waals surface area contributed by atoms with Gasteiger partial charge in [0.1, 0.15) is 13.2 Å². The largest absolute Gasteiger partial charge is 0.477 e. The van der Waals surface area contributed by atoms with E-state index in [1.54, 1.807) is 0 Å². The lowest BCUT2D eigenvalue weighted by atomic mass is 10.0. The van der Waals surface area contributed by atoms with Crippen molar-refractivity contribution in [2.45, 2.75) is 238 Å². The fraction of sp³-hybridized carbons (Fsp3) is 0.721. The van der Waals surface area contributed by atoms with Crippen LogP contribution in [0.4, 0.5) is 0 Å². The van der Waals surface area contributed by atoms with Crippen LogP contribution in [0.25, 0.3) is 0 Å². The molecule has 70 heavy (non-hydrogen) atoms. The number of aliphatic carboxylic acids is 1. The number of nitrogens with zero attached hydrogens (tertiary/aromatic N) is 1. The third-order valence-corrected chi connectivity index (χ3v) is 11.9. The number of likely N-dealkylation sites (N-methyl/N-ethyl adjacent to an activating group) is 1. The SMILES string of the molecule is CC/C=C\C/C=C\C/C=C\C/C=C\C/C=C\C/C=C\C/C=C\CCCCCCCCCCCCCCCC(=O)OC(COC(=O)CCCCCCCCCCCC)COC(OCC[N+](C)(C)C)C(=O)O. The van der Waals surface area contributed by atoms with Crippen molar-refractivity contribution in [3.8, 4) is 0 Å². The molecule has 0 radical (unpaired) electrons. The summed E-state index contributed by atoms with van der Waals surface area (Å²) in [5.74, 6) is -2.01. The molecule has 2 atom stereocenters. The Hall–Kier alpha value is -3.53. The predicted molar refractivity (Wildman–Crippen MR) is 295 cm³/mol. The maximum atomic E-state index is 12.8. The molecule has 0 amide bonds. The van der Waals surface area contributed by atoms with E-state index in [1.165, 1.54) is 116 Å². The molecule has 402 valence electrons. The highest BCUT2D eigenvalue weighted by Crippen LogP contribution is 2.16. The lowest BCUT2D eigenvalue weighted by Crippen LogP contribution is -2.40. The van der Waals surface area contributed by atoms with Gasteiger partial charge in [-0.1, -0.05) is 227 Å². The summed E-state index contributed by atoms with van der Waals surface area (Å²) in [6, 6.07) is 0. The first-order valence-electron chi connectivity index (χ1n) is 28.3. The molecule has 0 aliphatic carbocycles. The number of rotatable bonds is 51. The standard InChI is InChI=1S/C61H105NO8/c1-6-8-10-12-14-16-18-19-20-21-22-23-24-25-26-27-28-29-30-31-32-33-34-35-36-37-38-39-40-41-42-44-46-48-50-52-59(64)70-57(56-69-61(60(65)66)67-54-53-62(3,4)5)55-68-58(63)51-49-47-45-43-17-15-13-11-9-7-2/h8,10,14,16,19-20,22-23,25-26,28-29,31-32,57,61H,6-7,9,11-13,15,17-18,21,24,27,30,33-56H2,1-5H3/p+1/b10-8-,16-14-,20-19-,23-22-,26-25-,29-28-,32-31-. The highest BCUT2D eigenvalue weighted by Gasteiger charge is 2.25. The van der Waals surface area contributed by atoms with E-state index in [9.17, 15) is 19.5 Å². The first-order valence-corrected chi connectivity index (χ1v) is 28.3. The molecule has 0 aliphatic heterocycles. The van der Waals surface area contributed by atoms with Crippen molar-refractivity contribution in [2.24, 2.45) is 0 Å². The van der Waals surface area contributed by atoms with Crippen LogP contribution < -0.4 is 0 Å². The fourth-order valence-electron chi connectivity index (χ4n) is 7.58.